The minimum Gasteiger partial charge on any atom is -0.465 e. The fourth-order valence-electron chi connectivity index (χ4n) is 1.70. The van der Waals surface area contributed by atoms with Gasteiger partial charge in [-0.15, -0.1) is 0 Å². The summed E-state index contributed by atoms with van der Waals surface area (Å²) >= 11 is 1.45. The van der Waals surface area contributed by atoms with Crippen LogP contribution in [0.4, 0.5) is 0 Å². The number of carbonyl (C=O) groups excluding carboxylic acids is 2. The summed E-state index contributed by atoms with van der Waals surface area (Å²) in [5, 5.41) is 0. The number of hydrogen-bond donors (Lipinski definition) is 0. The van der Waals surface area contributed by atoms with E-state index in [0.717, 1.165) is 16.1 Å². The Balaban J connectivity index is 2.35. The van der Waals surface area contributed by atoms with Gasteiger partial charge in [0.05, 0.1) is 12.7 Å². The van der Waals surface area contributed by atoms with Gasteiger partial charge in [-0.2, -0.15) is 0 Å². The third-order valence-corrected chi connectivity index (χ3v) is 3.89. The zero-order chi connectivity index (χ0) is 14.5. The molecule has 0 saturated carbocycles. The standard InChI is InChI=1S/C16H14O3S/c1-11-3-7-14(8-4-11)20-15-9-12(16(18)19-2)5-6-13(15)10-17/h3-10H,1-2H3. The van der Waals surface area contributed by atoms with Crippen molar-refractivity contribution in [1.82, 2.24) is 0 Å². The molecule has 0 heterocycles. The van der Waals surface area contributed by atoms with Crippen LogP contribution in [0.3, 0.4) is 0 Å². The average molecular weight is 286 g/mol. The van der Waals surface area contributed by atoms with Crippen LogP contribution in [0.5, 0.6) is 0 Å². The Morgan fingerprint density at radius 1 is 1.15 bits per heavy atom. The van der Waals surface area contributed by atoms with Crippen LogP contribution >= 0.6 is 11.8 Å². The zero-order valence-electron chi connectivity index (χ0n) is 11.3. The van der Waals surface area contributed by atoms with E-state index in [0.29, 0.717) is 11.1 Å². The topological polar surface area (TPSA) is 43.4 Å². The summed E-state index contributed by atoms with van der Waals surface area (Å²) in [6.45, 7) is 2.02. The molecular formula is C16H14O3S. The number of methoxy groups -OCH3 is 1. The van der Waals surface area contributed by atoms with Crippen molar-refractivity contribution in [1.29, 1.82) is 0 Å². The molecule has 3 nitrogen and oxygen atoms in total. The molecule has 2 aromatic rings. The second-order valence-electron chi connectivity index (χ2n) is 4.28. The number of ether oxygens (including phenoxy) is 1. The highest BCUT2D eigenvalue weighted by Crippen LogP contribution is 2.31. The van der Waals surface area contributed by atoms with Gasteiger partial charge in [0.2, 0.25) is 0 Å². The van der Waals surface area contributed by atoms with Gasteiger partial charge in [0.15, 0.2) is 6.29 Å². The van der Waals surface area contributed by atoms with Gasteiger partial charge in [0.25, 0.3) is 0 Å². The SMILES string of the molecule is COC(=O)c1ccc(C=O)c(Sc2ccc(C)cc2)c1. The summed E-state index contributed by atoms with van der Waals surface area (Å²) < 4.78 is 4.69. The molecule has 0 aliphatic heterocycles. The van der Waals surface area contributed by atoms with Gasteiger partial charge in [-0.1, -0.05) is 29.5 Å². The van der Waals surface area contributed by atoms with Crippen molar-refractivity contribution in [2.75, 3.05) is 7.11 Å². The van der Waals surface area contributed by atoms with E-state index in [1.54, 1.807) is 18.2 Å². The van der Waals surface area contributed by atoms with E-state index in [2.05, 4.69) is 0 Å². The summed E-state index contributed by atoms with van der Waals surface area (Å²) in [6, 6.07) is 12.9. The number of hydrogen-bond acceptors (Lipinski definition) is 4. The van der Waals surface area contributed by atoms with Gasteiger partial charge in [-0.3, -0.25) is 4.79 Å². The molecule has 2 rings (SSSR count). The first-order valence-electron chi connectivity index (χ1n) is 6.06. The van der Waals surface area contributed by atoms with E-state index < -0.39 is 5.97 Å². The molecule has 0 amide bonds. The highest BCUT2D eigenvalue weighted by atomic mass is 32.2. The number of esters is 1. The van der Waals surface area contributed by atoms with Crippen LogP contribution in [0.25, 0.3) is 0 Å². The number of aldehydes is 1. The first-order chi connectivity index (χ1) is 9.63. The third kappa shape index (κ3) is 3.27. The molecule has 0 fully saturated rings. The minimum absolute atomic E-state index is 0.409. The Hall–Kier alpha value is -2.07. The molecular weight excluding hydrogens is 272 g/mol. The fourth-order valence-corrected chi connectivity index (χ4v) is 2.64. The number of aryl methyl sites for hydroxylation is 1. The molecule has 0 radical (unpaired) electrons. The molecule has 0 unspecified atom stereocenters. The predicted octanol–water partition coefficient (Wildman–Crippen LogP) is 3.75. The van der Waals surface area contributed by atoms with Crippen LogP contribution in [0, 0.1) is 6.92 Å². The Labute approximate surface area is 122 Å². The van der Waals surface area contributed by atoms with Gasteiger partial charge < -0.3 is 4.74 Å². The quantitative estimate of drug-likeness (QED) is 0.634. The highest BCUT2D eigenvalue weighted by Gasteiger charge is 2.10. The lowest BCUT2D eigenvalue weighted by molar-refractivity contribution is 0.0600. The molecule has 102 valence electrons. The maximum absolute atomic E-state index is 11.5. The van der Waals surface area contributed by atoms with E-state index in [1.807, 2.05) is 31.2 Å². The third-order valence-electron chi connectivity index (χ3n) is 2.81. The van der Waals surface area contributed by atoms with Crippen LogP contribution in [-0.2, 0) is 4.74 Å². The molecule has 4 heteroatoms. The summed E-state index contributed by atoms with van der Waals surface area (Å²) in [4.78, 5) is 24.4. The first-order valence-corrected chi connectivity index (χ1v) is 6.88. The molecule has 0 N–H and O–H groups in total. The lowest BCUT2D eigenvalue weighted by atomic mass is 10.1. The van der Waals surface area contributed by atoms with Crippen molar-refractivity contribution in [3.8, 4) is 0 Å². The van der Waals surface area contributed by atoms with Crippen molar-refractivity contribution in [2.45, 2.75) is 16.7 Å². The van der Waals surface area contributed by atoms with E-state index in [4.69, 9.17) is 4.74 Å². The van der Waals surface area contributed by atoms with E-state index in [9.17, 15) is 9.59 Å². The normalized spacial score (nSPS) is 10.1. The van der Waals surface area contributed by atoms with Crippen molar-refractivity contribution in [3.63, 3.8) is 0 Å². The fraction of sp³-hybridized carbons (Fsp3) is 0.125. The summed E-state index contributed by atoms with van der Waals surface area (Å²) in [6.07, 6.45) is 0.789. The Kier molecular flexibility index (Phi) is 4.58. The second kappa shape index (κ2) is 6.39. The number of carbonyl (C=O) groups is 2. The van der Waals surface area contributed by atoms with E-state index in [1.165, 1.54) is 24.4 Å². The van der Waals surface area contributed by atoms with Crippen LogP contribution < -0.4 is 0 Å². The van der Waals surface area contributed by atoms with Crippen LogP contribution in [0.15, 0.2) is 52.3 Å². The molecule has 0 aliphatic rings. The molecule has 0 saturated heterocycles. The van der Waals surface area contributed by atoms with Crippen molar-refractivity contribution in [3.05, 3.63) is 59.2 Å². The van der Waals surface area contributed by atoms with Crippen molar-refractivity contribution < 1.29 is 14.3 Å². The molecule has 0 aliphatic carbocycles. The van der Waals surface area contributed by atoms with Gasteiger partial charge in [0, 0.05) is 15.4 Å². The monoisotopic (exact) mass is 286 g/mol. The van der Waals surface area contributed by atoms with Gasteiger partial charge in [-0.05, 0) is 37.3 Å². The van der Waals surface area contributed by atoms with Gasteiger partial charge in [0.1, 0.15) is 0 Å². The second-order valence-corrected chi connectivity index (χ2v) is 5.39. The largest absolute Gasteiger partial charge is 0.465 e. The molecule has 20 heavy (non-hydrogen) atoms. The molecule has 2 aromatic carbocycles. The highest BCUT2D eigenvalue weighted by molar-refractivity contribution is 7.99. The van der Waals surface area contributed by atoms with Crippen molar-refractivity contribution >= 4 is 24.0 Å². The summed E-state index contributed by atoms with van der Waals surface area (Å²) in [7, 11) is 1.34. The Morgan fingerprint density at radius 3 is 2.45 bits per heavy atom. The molecule has 0 aromatic heterocycles. The van der Waals surface area contributed by atoms with Crippen molar-refractivity contribution in [2.24, 2.45) is 0 Å². The molecule has 0 bridgehead atoms. The molecule has 0 spiro atoms. The van der Waals surface area contributed by atoms with Crippen LogP contribution in [-0.4, -0.2) is 19.4 Å². The Morgan fingerprint density at radius 2 is 1.85 bits per heavy atom. The van der Waals surface area contributed by atoms with Gasteiger partial charge >= 0.3 is 5.97 Å². The van der Waals surface area contributed by atoms with E-state index in [-0.39, 0.29) is 0 Å². The van der Waals surface area contributed by atoms with Gasteiger partial charge in [-0.25, -0.2) is 4.79 Å². The maximum Gasteiger partial charge on any atom is 0.337 e. The Bertz CT molecular complexity index is 633. The average Bonchev–Trinajstić information content (AvgIpc) is 2.48. The van der Waals surface area contributed by atoms with Crippen LogP contribution in [0.1, 0.15) is 26.3 Å². The first kappa shape index (κ1) is 14.3. The number of rotatable bonds is 4. The van der Waals surface area contributed by atoms with Crippen LogP contribution in [0.2, 0.25) is 0 Å². The predicted molar refractivity (Wildman–Crippen MR) is 78.5 cm³/mol. The number of benzene rings is 2. The smallest absolute Gasteiger partial charge is 0.337 e. The summed E-state index contributed by atoms with van der Waals surface area (Å²) in [5.41, 5.74) is 2.17. The molecule has 0 atom stereocenters. The lowest BCUT2D eigenvalue weighted by Crippen LogP contribution is -2.02. The zero-order valence-corrected chi connectivity index (χ0v) is 12.1. The minimum atomic E-state index is -0.409. The van der Waals surface area contributed by atoms with E-state index >= 15 is 0 Å². The summed E-state index contributed by atoms with van der Waals surface area (Å²) in [5.74, 6) is -0.409. The lowest BCUT2D eigenvalue weighted by Gasteiger charge is -2.07. The maximum atomic E-state index is 11.5.